The largest absolute Gasteiger partial charge is 0.352 e. The molecule has 2 aromatic heterocycles. The molecule has 3 heterocycles. The van der Waals surface area contributed by atoms with E-state index in [0.717, 1.165) is 23.9 Å². The number of aryl methyl sites for hydroxylation is 1. The molecule has 0 amide bonds. The van der Waals surface area contributed by atoms with Gasteiger partial charge in [-0.05, 0) is 62.4 Å². The van der Waals surface area contributed by atoms with E-state index in [9.17, 15) is 0 Å². The summed E-state index contributed by atoms with van der Waals surface area (Å²) in [6, 6.07) is 8.55. The number of pyridine rings is 1. The Labute approximate surface area is 147 Å². The molecule has 23 heavy (non-hydrogen) atoms. The smallest absolute Gasteiger partial charge is 0.170 e. The van der Waals surface area contributed by atoms with Crippen molar-refractivity contribution in [2.75, 3.05) is 27.2 Å². The fourth-order valence-corrected chi connectivity index (χ4v) is 4.33. The monoisotopic (exact) mass is 346 g/mol. The first-order valence-electron chi connectivity index (χ1n) is 7.74. The van der Waals surface area contributed by atoms with Crippen molar-refractivity contribution in [2.24, 2.45) is 0 Å². The first kappa shape index (κ1) is 16.4. The Balaban J connectivity index is 1.96. The minimum atomic E-state index is 0.100. The van der Waals surface area contributed by atoms with Gasteiger partial charge in [-0.1, -0.05) is 6.07 Å². The second kappa shape index (κ2) is 6.95. The van der Waals surface area contributed by atoms with Crippen molar-refractivity contribution in [1.29, 1.82) is 0 Å². The Kier molecular flexibility index (Phi) is 4.94. The van der Waals surface area contributed by atoms with Gasteiger partial charge < -0.3 is 15.1 Å². The van der Waals surface area contributed by atoms with Gasteiger partial charge in [-0.2, -0.15) is 0 Å². The molecular formula is C17H22N4S2. The average molecular weight is 347 g/mol. The highest BCUT2D eigenvalue weighted by Crippen LogP contribution is 2.41. The van der Waals surface area contributed by atoms with Gasteiger partial charge in [-0.3, -0.25) is 4.98 Å². The highest BCUT2D eigenvalue weighted by atomic mass is 32.1. The standard InChI is InChI=1S/C17H22N4S2/c1-12-7-11-23-16(12)15-14(13-6-4-5-8-18-13)19-17(22)21(15)10-9-20(2)3/h4-8,11,14-15H,9-10H2,1-3H3,(H,19,22)/t14-,15+/m0/s1. The molecule has 0 unspecified atom stereocenters. The molecule has 1 fully saturated rings. The van der Waals surface area contributed by atoms with Crippen LogP contribution in [0.5, 0.6) is 0 Å². The summed E-state index contributed by atoms with van der Waals surface area (Å²) in [5.74, 6) is 0. The Morgan fingerprint density at radius 3 is 2.78 bits per heavy atom. The lowest BCUT2D eigenvalue weighted by atomic mass is 10.0. The molecule has 0 radical (unpaired) electrons. The first-order chi connectivity index (χ1) is 11.1. The molecule has 0 aliphatic carbocycles. The van der Waals surface area contributed by atoms with Gasteiger partial charge in [0.1, 0.15) is 0 Å². The van der Waals surface area contributed by atoms with Crippen molar-refractivity contribution in [3.63, 3.8) is 0 Å². The summed E-state index contributed by atoms with van der Waals surface area (Å²) in [7, 11) is 4.18. The summed E-state index contributed by atoms with van der Waals surface area (Å²) < 4.78 is 0. The summed E-state index contributed by atoms with van der Waals surface area (Å²) in [4.78, 5) is 10.4. The van der Waals surface area contributed by atoms with Gasteiger partial charge in [-0.25, -0.2) is 0 Å². The van der Waals surface area contributed by atoms with E-state index >= 15 is 0 Å². The summed E-state index contributed by atoms with van der Waals surface area (Å²) in [6.45, 7) is 4.05. The molecule has 0 aromatic carbocycles. The zero-order valence-electron chi connectivity index (χ0n) is 13.7. The molecule has 0 bridgehead atoms. The molecule has 1 aliphatic rings. The zero-order chi connectivity index (χ0) is 16.4. The highest BCUT2D eigenvalue weighted by molar-refractivity contribution is 7.80. The van der Waals surface area contributed by atoms with Crippen molar-refractivity contribution >= 4 is 28.7 Å². The zero-order valence-corrected chi connectivity index (χ0v) is 15.3. The molecule has 122 valence electrons. The van der Waals surface area contributed by atoms with Crippen LogP contribution in [-0.4, -0.2) is 47.1 Å². The lowest BCUT2D eigenvalue weighted by Gasteiger charge is -2.28. The minimum Gasteiger partial charge on any atom is -0.352 e. The van der Waals surface area contributed by atoms with E-state index in [4.69, 9.17) is 12.2 Å². The number of hydrogen-bond acceptors (Lipinski definition) is 4. The number of hydrogen-bond donors (Lipinski definition) is 1. The topological polar surface area (TPSA) is 31.4 Å². The van der Waals surface area contributed by atoms with Crippen LogP contribution in [0.15, 0.2) is 35.8 Å². The van der Waals surface area contributed by atoms with E-state index in [1.54, 1.807) is 11.3 Å². The van der Waals surface area contributed by atoms with Gasteiger partial charge in [0.15, 0.2) is 5.11 Å². The van der Waals surface area contributed by atoms with Crippen LogP contribution >= 0.6 is 23.6 Å². The summed E-state index contributed by atoms with van der Waals surface area (Å²) in [5, 5.41) is 6.47. The van der Waals surface area contributed by atoms with Crippen LogP contribution in [0, 0.1) is 6.92 Å². The van der Waals surface area contributed by atoms with E-state index in [-0.39, 0.29) is 12.1 Å². The van der Waals surface area contributed by atoms with Crippen molar-refractivity contribution in [1.82, 2.24) is 20.1 Å². The lowest BCUT2D eigenvalue weighted by molar-refractivity contribution is 0.280. The van der Waals surface area contributed by atoms with Crippen LogP contribution in [-0.2, 0) is 0 Å². The van der Waals surface area contributed by atoms with E-state index in [2.05, 4.69) is 58.6 Å². The fourth-order valence-electron chi connectivity index (χ4n) is 2.93. The molecular weight excluding hydrogens is 324 g/mol. The number of thiocarbonyl (C=S) groups is 1. The van der Waals surface area contributed by atoms with Crippen molar-refractivity contribution in [2.45, 2.75) is 19.0 Å². The van der Waals surface area contributed by atoms with Crippen molar-refractivity contribution < 1.29 is 0 Å². The highest BCUT2D eigenvalue weighted by Gasteiger charge is 2.40. The summed E-state index contributed by atoms with van der Waals surface area (Å²) >= 11 is 7.44. The van der Waals surface area contributed by atoms with Gasteiger partial charge in [0.2, 0.25) is 0 Å². The SMILES string of the molecule is Cc1ccsc1[C@H]1[C@H](c2ccccn2)NC(=S)N1CCN(C)C. The molecule has 2 atom stereocenters. The van der Waals surface area contributed by atoms with Crippen LogP contribution < -0.4 is 5.32 Å². The normalized spacial score (nSPS) is 21.0. The fraction of sp³-hybridized carbons (Fsp3) is 0.412. The predicted molar refractivity (Wildman–Crippen MR) is 99.8 cm³/mol. The number of rotatable bonds is 5. The maximum Gasteiger partial charge on any atom is 0.170 e. The van der Waals surface area contributed by atoms with Crippen LogP contribution in [0.4, 0.5) is 0 Å². The third kappa shape index (κ3) is 3.39. The van der Waals surface area contributed by atoms with E-state index in [1.807, 2.05) is 18.3 Å². The number of likely N-dealkylation sites (N-methyl/N-ethyl adjacent to an activating group) is 1. The lowest BCUT2D eigenvalue weighted by Crippen LogP contribution is -2.35. The molecule has 4 nitrogen and oxygen atoms in total. The maximum atomic E-state index is 5.64. The van der Waals surface area contributed by atoms with Crippen LogP contribution in [0.1, 0.15) is 28.2 Å². The number of aromatic nitrogens is 1. The molecule has 2 aromatic rings. The number of nitrogens with zero attached hydrogens (tertiary/aromatic N) is 3. The molecule has 1 saturated heterocycles. The molecule has 6 heteroatoms. The summed E-state index contributed by atoms with van der Waals surface area (Å²) in [6.07, 6.45) is 1.85. The van der Waals surface area contributed by atoms with Gasteiger partial charge >= 0.3 is 0 Å². The van der Waals surface area contributed by atoms with Crippen LogP contribution in [0.25, 0.3) is 0 Å². The Morgan fingerprint density at radius 2 is 2.17 bits per heavy atom. The van der Waals surface area contributed by atoms with E-state index in [1.165, 1.54) is 10.4 Å². The Hall–Kier alpha value is -1.50. The van der Waals surface area contributed by atoms with Crippen LogP contribution in [0.3, 0.4) is 0 Å². The Morgan fingerprint density at radius 1 is 1.35 bits per heavy atom. The van der Waals surface area contributed by atoms with Gasteiger partial charge in [0.05, 0.1) is 17.8 Å². The van der Waals surface area contributed by atoms with E-state index < -0.39 is 0 Å². The minimum absolute atomic E-state index is 0.100. The summed E-state index contributed by atoms with van der Waals surface area (Å²) in [5.41, 5.74) is 2.36. The van der Waals surface area contributed by atoms with Crippen molar-refractivity contribution in [3.05, 3.63) is 52.0 Å². The predicted octanol–water partition coefficient (Wildman–Crippen LogP) is 2.99. The number of nitrogens with one attached hydrogen (secondary N) is 1. The van der Waals surface area contributed by atoms with Gasteiger partial charge in [0, 0.05) is 24.2 Å². The van der Waals surface area contributed by atoms with E-state index in [0.29, 0.717) is 0 Å². The second-order valence-corrected chi connectivity index (χ2v) is 7.43. The molecule has 0 spiro atoms. The molecule has 1 aliphatic heterocycles. The molecule has 1 N–H and O–H groups in total. The second-order valence-electron chi connectivity index (χ2n) is 6.09. The quantitative estimate of drug-likeness (QED) is 0.841. The third-order valence-corrected chi connectivity index (χ3v) is 5.60. The third-order valence-electron chi connectivity index (χ3n) is 4.16. The number of thiophene rings is 1. The van der Waals surface area contributed by atoms with Gasteiger partial charge in [0.25, 0.3) is 0 Å². The average Bonchev–Trinajstić information content (AvgIpc) is 3.09. The Bertz CT molecular complexity index is 668. The van der Waals surface area contributed by atoms with Gasteiger partial charge in [-0.15, -0.1) is 11.3 Å². The van der Waals surface area contributed by atoms with Crippen LogP contribution in [0.2, 0.25) is 0 Å². The van der Waals surface area contributed by atoms with Crippen molar-refractivity contribution in [3.8, 4) is 0 Å². The first-order valence-corrected chi connectivity index (χ1v) is 9.03. The molecule has 3 rings (SSSR count). The maximum absolute atomic E-state index is 5.64. The molecule has 0 saturated carbocycles.